The number of nitrogens with zero attached hydrogens (tertiary/aromatic N) is 3. The van der Waals surface area contributed by atoms with E-state index in [2.05, 4.69) is 28.7 Å². The molecule has 74 valence electrons. The summed E-state index contributed by atoms with van der Waals surface area (Å²) in [6, 6.07) is 0. The lowest BCUT2D eigenvalue weighted by atomic mass is 10.1. The first-order valence-electron chi connectivity index (χ1n) is 4.74. The molecule has 3 nitrogen and oxygen atoms in total. The van der Waals surface area contributed by atoms with E-state index in [9.17, 15) is 0 Å². The summed E-state index contributed by atoms with van der Waals surface area (Å²) in [4.78, 5) is 2.06. The molecule has 0 aromatic carbocycles. The summed E-state index contributed by atoms with van der Waals surface area (Å²) in [6.07, 6.45) is 8.08. The van der Waals surface area contributed by atoms with Gasteiger partial charge < -0.3 is 4.90 Å². The van der Waals surface area contributed by atoms with E-state index in [1.165, 1.54) is 5.70 Å². The van der Waals surface area contributed by atoms with E-state index in [1.807, 2.05) is 31.4 Å². The summed E-state index contributed by atoms with van der Waals surface area (Å²) >= 11 is 0. The maximum absolute atomic E-state index is 4.28. The van der Waals surface area contributed by atoms with Crippen LogP contribution in [0.15, 0.2) is 41.3 Å². The number of hydrogen-bond acceptors (Lipinski definition) is 3. The van der Waals surface area contributed by atoms with Crippen LogP contribution in [0.2, 0.25) is 0 Å². The predicted octanol–water partition coefficient (Wildman–Crippen LogP) is 1.43. The van der Waals surface area contributed by atoms with Gasteiger partial charge in [0.25, 0.3) is 0 Å². The Morgan fingerprint density at radius 3 is 3.07 bits per heavy atom. The maximum atomic E-state index is 4.28. The molecule has 0 N–H and O–H groups in total. The highest BCUT2D eigenvalue weighted by molar-refractivity contribution is 5.73. The summed E-state index contributed by atoms with van der Waals surface area (Å²) in [5, 5.41) is 6.29. The van der Waals surface area contributed by atoms with Gasteiger partial charge in [-0.3, -0.25) is 5.01 Å². The third-order valence-electron chi connectivity index (χ3n) is 2.60. The van der Waals surface area contributed by atoms with Crippen LogP contribution in [0, 0.1) is 5.92 Å². The van der Waals surface area contributed by atoms with Crippen molar-refractivity contribution in [3.05, 3.63) is 36.2 Å². The van der Waals surface area contributed by atoms with E-state index in [4.69, 9.17) is 0 Å². The van der Waals surface area contributed by atoms with Gasteiger partial charge in [0.05, 0.1) is 12.2 Å². The highest BCUT2D eigenvalue weighted by Gasteiger charge is 2.25. The Morgan fingerprint density at radius 2 is 2.43 bits per heavy atom. The SMILES string of the molecule is C=C(C1C=C2C=CC=NN2C1)N(C)C. The van der Waals surface area contributed by atoms with Crippen LogP contribution in [0.4, 0.5) is 0 Å². The highest BCUT2D eigenvalue weighted by Crippen LogP contribution is 2.27. The van der Waals surface area contributed by atoms with Crippen molar-refractivity contribution in [2.75, 3.05) is 20.6 Å². The molecule has 0 amide bonds. The van der Waals surface area contributed by atoms with E-state index in [0.29, 0.717) is 5.92 Å². The molecule has 1 atom stereocenters. The second kappa shape index (κ2) is 3.33. The monoisotopic (exact) mass is 189 g/mol. The number of fused-ring (bicyclic) bond motifs is 1. The van der Waals surface area contributed by atoms with Gasteiger partial charge in [-0.2, -0.15) is 5.10 Å². The number of allylic oxidation sites excluding steroid dienone is 2. The molecule has 14 heavy (non-hydrogen) atoms. The molecule has 1 unspecified atom stereocenters. The third kappa shape index (κ3) is 1.45. The molecule has 0 saturated heterocycles. The minimum absolute atomic E-state index is 0.389. The molecule has 0 bridgehead atoms. The van der Waals surface area contributed by atoms with Crippen LogP contribution in [0.5, 0.6) is 0 Å². The lowest BCUT2D eigenvalue weighted by Crippen LogP contribution is -2.22. The maximum Gasteiger partial charge on any atom is 0.0562 e. The van der Waals surface area contributed by atoms with Crippen molar-refractivity contribution in [2.24, 2.45) is 11.0 Å². The molecule has 0 radical (unpaired) electrons. The van der Waals surface area contributed by atoms with Crippen molar-refractivity contribution in [3.8, 4) is 0 Å². The van der Waals surface area contributed by atoms with Gasteiger partial charge in [0, 0.05) is 31.9 Å². The first-order chi connectivity index (χ1) is 6.68. The molecule has 0 saturated carbocycles. The van der Waals surface area contributed by atoms with Crippen LogP contribution >= 0.6 is 0 Å². The first-order valence-corrected chi connectivity index (χ1v) is 4.74. The fraction of sp³-hybridized carbons (Fsp3) is 0.364. The summed E-state index contributed by atoms with van der Waals surface area (Å²) in [5.74, 6) is 0.389. The number of hydrogen-bond donors (Lipinski definition) is 0. The largest absolute Gasteiger partial charge is 0.381 e. The Bertz CT molecular complexity index is 336. The Morgan fingerprint density at radius 1 is 1.64 bits per heavy atom. The van der Waals surface area contributed by atoms with Crippen LogP contribution in [0.25, 0.3) is 0 Å². The molecule has 0 aromatic rings. The van der Waals surface area contributed by atoms with Crippen molar-refractivity contribution in [2.45, 2.75) is 0 Å². The molecule has 0 fully saturated rings. The normalized spacial score (nSPS) is 23.4. The summed E-state index contributed by atoms with van der Waals surface area (Å²) in [5.41, 5.74) is 2.32. The van der Waals surface area contributed by atoms with Gasteiger partial charge in [-0.05, 0) is 18.2 Å². The minimum Gasteiger partial charge on any atom is -0.381 e. The molecule has 0 aliphatic carbocycles. The lowest BCUT2D eigenvalue weighted by Gasteiger charge is -2.22. The van der Waals surface area contributed by atoms with E-state index in [1.54, 1.807) is 0 Å². The van der Waals surface area contributed by atoms with Crippen LogP contribution in [0.3, 0.4) is 0 Å². The number of hydrazone groups is 1. The van der Waals surface area contributed by atoms with E-state index >= 15 is 0 Å². The van der Waals surface area contributed by atoms with Crippen molar-refractivity contribution >= 4 is 6.21 Å². The van der Waals surface area contributed by atoms with Gasteiger partial charge in [0.2, 0.25) is 0 Å². The minimum atomic E-state index is 0.389. The van der Waals surface area contributed by atoms with Crippen molar-refractivity contribution in [3.63, 3.8) is 0 Å². The van der Waals surface area contributed by atoms with Crippen LogP contribution in [-0.4, -0.2) is 36.8 Å². The standard InChI is InChI=1S/C11H15N3/c1-9(13(2)3)10-7-11-5-4-6-12-14(11)8-10/h4-7,10H,1,8H2,2-3H3. The first kappa shape index (κ1) is 9.06. The zero-order chi connectivity index (χ0) is 10.1. The zero-order valence-corrected chi connectivity index (χ0v) is 8.64. The molecule has 0 aromatic heterocycles. The fourth-order valence-electron chi connectivity index (χ4n) is 1.69. The molecular formula is C11H15N3. The van der Waals surface area contributed by atoms with E-state index in [0.717, 1.165) is 12.2 Å². The zero-order valence-electron chi connectivity index (χ0n) is 8.64. The topological polar surface area (TPSA) is 18.8 Å². The fourth-order valence-corrected chi connectivity index (χ4v) is 1.69. The van der Waals surface area contributed by atoms with Gasteiger partial charge in [-0.15, -0.1) is 0 Å². The lowest BCUT2D eigenvalue weighted by molar-refractivity contribution is 0.357. The van der Waals surface area contributed by atoms with Crippen molar-refractivity contribution in [1.82, 2.24) is 9.91 Å². The summed E-state index contributed by atoms with van der Waals surface area (Å²) in [6.45, 7) is 4.98. The predicted molar refractivity (Wildman–Crippen MR) is 58.7 cm³/mol. The highest BCUT2D eigenvalue weighted by atomic mass is 15.5. The van der Waals surface area contributed by atoms with Gasteiger partial charge in [0.1, 0.15) is 0 Å². The Hall–Kier alpha value is -1.51. The molecule has 2 aliphatic heterocycles. The molecular weight excluding hydrogens is 174 g/mol. The van der Waals surface area contributed by atoms with Gasteiger partial charge in [0.15, 0.2) is 0 Å². The van der Waals surface area contributed by atoms with Gasteiger partial charge in [-0.1, -0.05) is 6.58 Å². The van der Waals surface area contributed by atoms with Crippen LogP contribution in [-0.2, 0) is 0 Å². The van der Waals surface area contributed by atoms with Crippen LogP contribution in [0.1, 0.15) is 0 Å². The summed E-state index contributed by atoms with van der Waals surface area (Å²) < 4.78 is 0. The second-order valence-corrected chi connectivity index (χ2v) is 3.79. The van der Waals surface area contributed by atoms with Gasteiger partial charge >= 0.3 is 0 Å². The van der Waals surface area contributed by atoms with E-state index in [-0.39, 0.29) is 0 Å². The molecule has 3 heteroatoms. The summed E-state index contributed by atoms with van der Waals surface area (Å²) in [7, 11) is 4.05. The third-order valence-corrected chi connectivity index (χ3v) is 2.60. The average molecular weight is 189 g/mol. The van der Waals surface area contributed by atoms with Gasteiger partial charge in [-0.25, -0.2) is 0 Å². The van der Waals surface area contributed by atoms with Crippen molar-refractivity contribution in [1.29, 1.82) is 0 Å². The van der Waals surface area contributed by atoms with Crippen molar-refractivity contribution < 1.29 is 0 Å². The molecule has 2 aliphatic rings. The Balaban J connectivity index is 2.14. The quantitative estimate of drug-likeness (QED) is 0.654. The Labute approximate surface area is 84.7 Å². The number of rotatable bonds is 2. The Kier molecular flexibility index (Phi) is 2.15. The molecule has 0 spiro atoms. The smallest absolute Gasteiger partial charge is 0.0562 e. The molecule has 2 rings (SSSR count). The second-order valence-electron chi connectivity index (χ2n) is 3.79. The van der Waals surface area contributed by atoms with Crippen LogP contribution < -0.4 is 0 Å². The molecule has 2 heterocycles. The van der Waals surface area contributed by atoms with E-state index < -0.39 is 0 Å². The average Bonchev–Trinajstić information content (AvgIpc) is 2.59.